The molecule has 34 heavy (non-hydrogen) atoms. The molecular formula is C22H29Cl5N2O5. The predicted molar refractivity (Wildman–Crippen MR) is 136 cm³/mol. The number of carbonyl (C=O) groups excluding carboxylic acids is 3. The van der Waals surface area contributed by atoms with Gasteiger partial charge >= 0.3 is 11.9 Å². The molecule has 0 aromatic heterocycles. The second kappa shape index (κ2) is 14.0. The van der Waals surface area contributed by atoms with E-state index in [0.29, 0.717) is 19.4 Å². The minimum absolute atomic E-state index is 0.0688. The Morgan fingerprint density at radius 2 is 1.41 bits per heavy atom. The van der Waals surface area contributed by atoms with E-state index >= 15 is 0 Å². The second-order valence-corrected chi connectivity index (χ2v) is 10.8. The van der Waals surface area contributed by atoms with Crippen molar-refractivity contribution in [1.29, 1.82) is 0 Å². The van der Waals surface area contributed by atoms with Crippen molar-refractivity contribution in [2.45, 2.75) is 65.5 Å². The van der Waals surface area contributed by atoms with Crippen LogP contribution >= 0.6 is 58.0 Å². The summed E-state index contributed by atoms with van der Waals surface area (Å²) in [6.45, 7) is 9.31. The van der Waals surface area contributed by atoms with E-state index in [4.69, 9.17) is 67.5 Å². The standard InChI is InChI=1S/C22H29Cl5N2O5/c1-11(2)9-12(28-8-6-7-13(30)34-22(3,4)5)21(32)29-10-14(31)33-20-18(26)16(24)15(23)17(25)19(20)27/h11-12,28H,6-10H2,1-5H3,(H,29,32)/t12-/m0/s1. The fraction of sp³-hybridized carbons (Fsp3) is 0.591. The number of hydrogen-bond acceptors (Lipinski definition) is 6. The predicted octanol–water partition coefficient (Wildman–Crippen LogP) is 6.10. The Bertz CT molecular complexity index is 874. The van der Waals surface area contributed by atoms with Crippen LogP contribution in [0.3, 0.4) is 0 Å². The van der Waals surface area contributed by atoms with Gasteiger partial charge in [-0.3, -0.25) is 9.59 Å². The summed E-state index contributed by atoms with van der Waals surface area (Å²) in [5.74, 6) is -1.58. The quantitative estimate of drug-likeness (QED) is 0.108. The molecule has 1 aromatic carbocycles. The average molecular weight is 579 g/mol. The lowest BCUT2D eigenvalue weighted by atomic mass is 10.0. The zero-order valence-corrected chi connectivity index (χ0v) is 23.4. The Morgan fingerprint density at radius 1 is 0.882 bits per heavy atom. The van der Waals surface area contributed by atoms with Crippen molar-refractivity contribution in [3.8, 4) is 5.75 Å². The van der Waals surface area contributed by atoms with Crippen molar-refractivity contribution < 1.29 is 23.9 Å². The number of amides is 1. The van der Waals surface area contributed by atoms with Gasteiger partial charge in [-0.2, -0.15) is 0 Å². The molecule has 7 nitrogen and oxygen atoms in total. The summed E-state index contributed by atoms with van der Waals surface area (Å²) in [6.07, 6.45) is 1.24. The number of nitrogens with one attached hydrogen (secondary N) is 2. The highest BCUT2D eigenvalue weighted by atomic mass is 35.5. The van der Waals surface area contributed by atoms with Crippen molar-refractivity contribution in [3.63, 3.8) is 0 Å². The maximum absolute atomic E-state index is 12.7. The molecule has 0 unspecified atom stereocenters. The first-order valence-electron chi connectivity index (χ1n) is 10.6. The van der Waals surface area contributed by atoms with Gasteiger partial charge in [0, 0.05) is 6.42 Å². The second-order valence-electron chi connectivity index (χ2n) is 8.92. The minimum atomic E-state index is -0.833. The third-order valence-electron chi connectivity index (χ3n) is 4.18. The van der Waals surface area contributed by atoms with Crippen LogP contribution in [0.2, 0.25) is 25.1 Å². The average Bonchev–Trinajstić information content (AvgIpc) is 2.72. The zero-order chi connectivity index (χ0) is 26.2. The van der Waals surface area contributed by atoms with Crippen LogP contribution in [0, 0.1) is 5.92 Å². The van der Waals surface area contributed by atoms with Crippen LogP contribution in [0.25, 0.3) is 0 Å². The van der Waals surface area contributed by atoms with Crippen molar-refractivity contribution in [2.75, 3.05) is 13.1 Å². The van der Waals surface area contributed by atoms with Crippen LogP contribution in [0.1, 0.15) is 53.9 Å². The van der Waals surface area contributed by atoms with Gasteiger partial charge in [-0.15, -0.1) is 0 Å². The van der Waals surface area contributed by atoms with Crippen molar-refractivity contribution in [1.82, 2.24) is 10.6 Å². The molecule has 0 aliphatic carbocycles. The van der Waals surface area contributed by atoms with Crippen LogP contribution in [0.5, 0.6) is 5.75 Å². The molecule has 192 valence electrons. The SMILES string of the molecule is CC(C)C[C@H](NCCCC(=O)OC(C)(C)C)C(=O)NCC(=O)Oc1c(Cl)c(Cl)c(Cl)c(Cl)c1Cl. The smallest absolute Gasteiger partial charge is 0.330 e. The highest BCUT2D eigenvalue weighted by Gasteiger charge is 2.24. The van der Waals surface area contributed by atoms with Gasteiger partial charge in [0.15, 0.2) is 5.75 Å². The van der Waals surface area contributed by atoms with Crippen LogP contribution in [0.15, 0.2) is 0 Å². The van der Waals surface area contributed by atoms with E-state index in [2.05, 4.69) is 10.6 Å². The Labute approximate surface area is 225 Å². The molecule has 1 atom stereocenters. The molecule has 2 N–H and O–H groups in total. The zero-order valence-electron chi connectivity index (χ0n) is 19.6. The summed E-state index contributed by atoms with van der Waals surface area (Å²) in [7, 11) is 0. The molecule has 0 aliphatic rings. The van der Waals surface area contributed by atoms with Gasteiger partial charge in [0.1, 0.15) is 22.2 Å². The number of ether oxygens (including phenoxy) is 2. The number of rotatable bonds is 11. The van der Waals surface area contributed by atoms with Gasteiger partial charge in [-0.05, 0) is 46.1 Å². The number of halogens is 5. The van der Waals surface area contributed by atoms with E-state index in [1.807, 2.05) is 13.8 Å². The molecule has 1 aromatic rings. The van der Waals surface area contributed by atoms with Gasteiger partial charge < -0.3 is 20.1 Å². The van der Waals surface area contributed by atoms with E-state index in [-0.39, 0.29) is 49.2 Å². The van der Waals surface area contributed by atoms with Crippen molar-refractivity contribution >= 4 is 75.9 Å². The summed E-state index contributed by atoms with van der Waals surface area (Å²) in [5.41, 5.74) is -0.545. The highest BCUT2D eigenvalue weighted by Crippen LogP contribution is 2.48. The van der Waals surface area contributed by atoms with Crippen molar-refractivity contribution in [2.24, 2.45) is 5.92 Å². The van der Waals surface area contributed by atoms with E-state index in [1.54, 1.807) is 20.8 Å². The van der Waals surface area contributed by atoms with Crippen LogP contribution in [-0.2, 0) is 19.1 Å². The number of hydrogen-bond donors (Lipinski definition) is 2. The maximum atomic E-state index is 12.7. The third-order valence-corrected chi connectivity index (χ3v) is 6.43. The summed E-state index contributed by atoms with van der Waals surface area (Å²) in [6, 6.07) is -0.571. The van der Waals surface area contributed by atoms with Crippen LogP contribution < -0.4 is 15.4 Å². The summed E-state index contributed by atoms with van der Waals surface area (Å²) >= 11 is 29.9. The van der Waals surface area contributed by atoms with E-state index in [1.165, 1.54) is 0 Å². The van der Waals surface area contributed by atoms with Crippen molar-refractivity contribution in [3.05, 3.63) is 25.1 Å². The molecule has 0 saturated carbocycles. The minimum Gasteiger partial charge on any atom is -0.460 e. The van der Waals surface area contributed by atoms with Gasteiger partial charge in [0.25, 0.3) is 0 Å². The first-order valence-corrected chi connectivity index (χ1v) is 12.5. The van der Waals surface area contributed by atoms with Gasteiger partial charge in [-0.1, -0.05) is 71.9 Å². The fourth-order valence-electron chi connectivity index (χ4n) is 2.76. The molecule has 1 amide bonds. The van der Waals surface area contributed by atoms with Gasteiger partial charge in [-0.25, -0.2) is 4.79 Å². The van der Waals surface area contributed by atoms with E-state index in [9.17, 15) is 14.4 Å². The molecule has 0 bridgehead atoms. The fourth-order valence-corrected chi connectivity index (χ4v) is 3.96. The van der Waals surface area contributed by atoms with E-state index < -0.39 is 30.1 Å². The first-order chi connectivity index (χ1) is 15.6. The topological polar surface area (TPSA) is 93.7 Å². The van der Waals surface area contributed by atoms with Gasteiger partial charge in [0.05, 0.1) is 21.1 Å². The highest BCUT2D eigenvalue weighted by molar-refractivity contribution is 6.55. The Kier molecular flexibility index (Phi) is 12.7. The molecule has 0 spiro atoms. The number of carbonyl (C=O) groups is 3. The van der Waals surface area contributed by atoms with Gasteiger partial charge in [0.2, 0.25) is 5.91 Å². The molecule has 0 heterocycles. The largest absolute Gasteiger partial charge is 0.460 e. The maximum Gasteiger partial charge on any atom is 0.330 e. The lowest BCUT2D eigenvalue weighted by Crippen LogP contribution is -2.47. The molecule has 12 heteroatoms. The summed E-state index contributed by atoms with van der Waals surface area (Å²) < 4.78 is 10.4. The number of benzene rings is 1. The van der Waals surface area contributed by atoms with Crippen LogP contribution in [-0.4, -0.2) is 42.6 Å². The lowest BCUT2D eigenvalue weighted by molar-refractivity contribution is -0.154. The Morgan fingerprint density at radius 3 is 1.91 bits per heavy atom. The molecule has 1 rings (SSSR count). The Hall–Kier alpha value is -0.960. The number of esters is 2. The van der Waals surface area contributed by atoms with E-state index in [0.717, 1.165) is 0 Å². The molecule has 0 radical (unpaired) electrons. The molecule has 0 aliphatic heterocycles. The summed E-state index contributed by atoms with van der Waals surface area (Å²) in [4.78, 5) is 36.8. The van der Waals surface area contributed by atoms with Crippen LogP contribution in [0.4, 0.5) is 0 Å². The Balaban J connectivity index is 2.65. The third kappa shape index (κ3) is 10.3. The first kappa shape index (κ1) is 31.1. The summed E-state index contributed by atoms with van der Waals surface area (Å²) in [5, 5.41) is 4.99. The normalized spacial score (nSPS) is 12.4. The molecule has 0 saturated heterocycles. The molecular weight excluding hydrogens is 550 g/mol. The monoisotopic (exact) mass is 576 g/mol. The molecule has 0 fully saturated rings. The lowest BCUT2D eigenvalue weighted by Gasteiger charge is -2.21.